The number of hydrogen-bond donors (Lipinski definition) is 0. The predicted molar refractivity (Wildman–Crippen MR) is 168 cm³/mol. The Bertz CT molecular complexity index is 1840. The van der Waals surface area contributed by atoms with Gasteiger partial charge in [-0.1, -0.05) is 121 Å². The highest BCUT2D eigenvalue weighted by Crippen LogP contribution is 2.45. The van der Waals surface area contributed by atoms with Crippen LogP contribution in [0.25, 0.3) is 33.7 Å². The summed E-state index contributed by atoms with van der Waals surface area (Å²) < 4.78 is 0. The third kappa shape index (κ3) is 4.12. The number of nitrogens with zero attached hydrogens (tertiary/aromatic N) is 3. The highest BCUT2D eigenvalue weighted by atomic mass is 15.3. The van der Waals surface area contributed by atoms with E-state index in [1.54, 1.807) is 0 Å². The molecule has 3 heteroatoms. The fourth-order valence-electron chi connectivity index (χ4n) is 7.02. The van der Waals surface area contributed by atoms with Gasteiger partial charge in [-0.25, -0.2) is 9.97 Å². The molecule has 2 unspecified atom stereocenters. The van der Waals surface area contributed by atoms with Crippen molar-refractivity contribution in [2.24, 2.45) is 0 Å². The van der Waals surface area contributed by atoms with Crippen LogP contribution in [0.4, 0.5) is 5.95 Å². The zero-order valence-corrected chi connectivity index (χ0v) is 22.9. The summed E-state index contributed by atoms with van der Waals surface area (Å²) in [7, 11) is 0. The van der Waals surface area contributed by atoms with E-state index in [0.717, 1.165) is 54.1 Å². The van der Waals surface area contributed by atoms with Gasteiger partial charge in [0.1, 0.15) is 0 Å². The molecule has 4 aliphatic rings. The zero-order chi connectivity index (χ0) is 27.2. The van der Waals surface area contributed by atoms with Crippen LogP contribution in [0.2, 0.25) is 0 Å². The molecule has 2 heterocycles. The van der Waals surface area contributed by atoms with Gasteiger partial charge < -0.3 is 4.90 Å². The lowest BCUT2D eigenvalue weighted by Crippen LogP contribution is -2.43. The lowest BCUT2D eigenvalue weighted by atomic mass is 9.82. The largest absolute Gasteiger partial charge is 0.326 e. The van der Waals surface area contributed by atoms with Crippen molar-refractivity contribution in [3.8, 4) is 22.5 Å². The van der Waals surface area contributed by atoms with Crippen LogP contribution < -0.4 is 15.3 Å². The summed E-state index contributed by atoms with van der Waals surface area (Å²) in [4.78, 5) is 13.1. The molecule has 3 aromatic carbocycles. The highest BCUT2D eigenvalue weighted by Gasteiger charge is 2.45. The number of fused-ring (bicyclic) bond motifs is 4. The summed E-state index contributed by atoms with van der Waals surface area (Å²) in [5.74, 6) is 0.813. The Balaban J connectivity index is 1.36. The first kappa shape index (κ1) is 24.1. The Morgan fingerprint density at radius 2 is 1.32 bits per heavy atom. The minimum Gasteiger partial charge on any atom is -0.326 e. The Hall–Kier alpha value is -4.76. The smallest absolute Gasteiger partial charge is 0.227 e. The first-order valence-corrected chi connectivity index (χ1v) is 14.7. The normalized spacial score (nSPS) is 20.7. The maximum absolute atomic E-state index is 5.30. The van der Waals surface area contributed by atoms with Crippen molar-refractivity contribution in [1.29, 1.82) is 0 Å². The van der Waals surface area contributed by atoms with Gasteiger partial charge in [0.05, 0.1) is 23.5 Å². The Kier molecular flexibility index (Phi) is 5.88. The molecule has 4 aromatic rings. The van der Waals surface area contributed by atoms with Crippen LogP contribution in [0.3, 0.4) is 0 Å². The van der Waals surface area contributed by atoms with Crippen molar-refractivity contribution >= 4 is 17.1 Å². The molecule has 0 amide bonds. The molecule has 1 aromatic heterocycles. The maximum Gasteiger partial charge on any atom is 0.227 e. The van der Waals surface area contributed by atoms with Gasteiger partial charge in [0.15, 0.2) is 0 Å². The maximum atomic E-state index is 5.30. The van der Waals surface area contributed by atoms with E-state index in [4.69, 9.17) is 9.97 Å². The number of allylic oxidation sites excluding steroid dienone is 6. The minimum atomic E-state index is 0.178. The standard InChI is InChI=1S/C38H31N3/c1-4-14-26(15-5-1)32-24-36-37(30-21-11-10-20-29(30)32)31-22-12-13-23-35(31)41(36)38-39-33(27-16-6-2-7-17-27)25-34(40-38)28-18-8-3-9-19-28/h1-4,6-14,16-22,25,35-36H,5,15,23-24H2. The van der Waals surface area contributed by atoms with Gasteiger partial charge in [-0.3, -0.25) is 0 Å². The number of rotatable bonds is 4. The first-order valence-electron chi connectivity index (χ1n) is 14.7. The van der Waals surface area contributed by atoms with Crippen LogP contribution in [-0.2, 0) is 0 Å². The number of hydrogen-bond acceptors (Lipinski definition) is 3. The average Bonchev–Trinajstić information content (AvgIpc) is 3.40. The molecule has 1 fully saturated rings. The quantitative estimate of drug-likeness (QED) is 0.287. The zero-order valence-electron chi connectivity index (χ0n) is 22.9. The third-order valence-corrected chi connectivity index (χ3v) is 8.87. The molecule has 8 rings (SSSR count). The van der Waals surface area contributed by atoms with E-state index in [1.165, 1.54) is 32.7 Å². The lowest BCUT2D eigenvalue weighted by molar-refractivity contribution is 0.651. The van der Waals surface area contributed by atoms with Gasteiger partial charge in [-0.15, -0.1) is 0 Å². The van der Waals surface area contributed by atoms with Crippen LogP contribution in [0.15, 0.2) is 139 Å². The number of aromatic nitrogens is 2. The van der Waals surface area contributed by atoms with E-state index in [2.05, 4.69) is 132 Å². The van der Waals surface area contributed by atoms with Gasteiger partial charge in [0.2, 0.25) is 5.95 Å². The number of benzene rings is 3. The Labute approximate surface area is 240 Å². The van der Waals surface area contributed by atoms with Crippen LogP contribution in [0.1, 0.15) is 25.7 Å². The van der Waals surface area contributed by atoms with Crippen molar-refractivity contribution in [1.82, 2.24) is 9.97 Å². The second-order valence-electron chi connectivity index (χ2n) is 11.2. The Morgan fingerprint density at radius 3 is 2.00 bits per heavy atom. The summed E-state index contributed by atoms with van der Waals surface area (Å²) in [6.45, 7) is 0. The first-order chi connectivity index (χ1) is 20.3. The van der Waals surface area contributed by atoms with E-state index >= 15 is 0 Å². The van der Waals surface area contributed by atoms with E-state index in [9.17, 15) is 0 Å². The van der Waals surface area contributed by atoms with Gasteiger partial charge >= 0.3 is 0 Å². The SMILES string of the molecule is C1=CCCC(C2=c3ccccc3=C3C4=CC=CCC4N(c4nc(-c5ccccc5)cc(-c5ccccc5)n4)C3C2)=C1. The summed E-state index contributed by atoms with van der Waals surface area (Å²) in [5.41, 5.74) is 9.92. The molecule has 0 N–H and O–H groups in total. The molecule has 1 aliphatic heterocycles. The van der Waals surface area contributed by atoms with Gasteiger partial charge in [0, 0.05) is 11.1 Å². The Morgan fingerprint density at radius 1 is 0.659 bits per heavy atom. The molecule has 198 valence electrons. The second-order valence-corrected chi connectivity index (χ2v) is 11.2. The summed E-state index contributed by atoms with van der Waals surface area (Å²) in [5, 5.41) is 2.76. The summed E-state index contributed by atoms with van der Waals surface area (Å²) in [6.07, 6.45) is 17.8. The lowest BCUT2D eigenvalue weighted by Gasteiger charge is -2.33. The molecular weight excluding hydrogens is 498 g/mol. The topological polar surface area (TPSA) is 29.0 Å². The summed E-state index contributed by atoms with van der Waals surface area (Å²) >= 11 is 0. The predicted octanol–water partition coefficient (Wildman–Crippen LogP) is 6.94. The van der Waals surface area contributed by atoms with Crippen molar-refractivity contribution in [2.45, 2.75) is 37.8 Å². The molecule has 0 bridgehead atoms. The van der Waals surface area contributed by atoms with E-state index in [0.29, 0.717) is 0 Å². The molecule has 0 saturated carbocycles. The van der Waals surface area contributed by atoms with E-state index in [-0.39, 0.29) is 12.1 Å². The van der Waals surface area contributed by atoms with Crippen molar-refractivity contribution in [2.75, 3.05) is 4.90 Å². The molecular formula is C38H31N3. The van der Waals surface area contributed by atoms with Gasteiger partial charge in [0.25, 0.3) is 0 Å². The molecule has 0 radical (unpaired) electrons. The number of anilines is 1. The molecule has 1 saturated heterocycles. The minimum absolute atomic E-state index is 0.178. The molecule has 0 spiro atoms. The highest BCUT2D eigenvalue weighted by molar-refractivity contribution is 5.86. The van der Waals surface area contributed by atoms with Crippen LogP contribution in [0, 0.1) is 0 Å². The van der Waals surface area contributed by atoms with Crippen molar-refractivity contribution in [3.63, 3.8) is 0 Å². The van der Waals surface area contributed by atoms with Gasteiger partial charge in [-0.05, 0) is 64.5 Å². The van der Waals surface area contributed by atoms with Crippen LogP contribution in [0.5, 0.6) is 0 Å². The third-order valence-electron chi connectivity index (χ3n) is 8.87. The molecule has 3 aliphatic carbocycles. The van der Waals surface area contributed by atoms with Crippen LogP contribution >= 0.6 is 0 Å². The summed E-state index contributed by atoms with van der Waals surface area (Å²) in [6, 6.07) is 32.6. The molecule has 2 atom stereocenters. The molecule has 3 nitrogen and oxygen atoms in total. The van der Waals surface area contributed by atoms with Crippen molar-refractivity contribution in [3.05, 3.63) is 149 Å². The fraction of sp³-hybridized carbons (Fsp3) is 0.158. The second kappa shape index (κ2) is 10.0. The fourth-order valence-corrected chi connectivity index (χ4v) is 7.02. The van der Waals surface area contributed by atoms with Crippen LogP contribution in [-0.4, -0.2) is 22.1 Å². The van der Waals surface area contributed by atoms with Crippen molar-refractivity contribution < 1.29 is 0 Å². The van der Waals surface area contributed by atoms with E-state index in [1.807, 2.05) is 0 Å². The average molecular weight is 530 g/mol. The van der Waals surface area contributed by atoms with E-state index < -0.39 is 0 Å². The molecule has 41 heavy (non-hydrogen) atoms. The monoisotopic (exact) mass is 529 g/mol. The van der Waals surface area contributed by atoms with Gasteiger partial charge in [-0.2, -0.15) is 0 Å².